The number of nitrogens with one attached hydrogen (secondary N) is 1. The molecule has 8 unspecified atom stereocenters. The Morgan fingerprint density at radius 1 is 1.00 bits per heavy atom. The van der Waals surface area contributed by atoms with Gasteiger partial charge in [0.2, 0.25) is 11.8 Å². The molecule has 14 heteroatoms. The summed E-state index contributed by atoms with van der Waals surface area (Å²) >= 11 is 0. The summed E-state index contributed by atoms with van der Waals surface area (Å²) < 4.78 is 25.4. The van der Waals surface area contributed by atoms with Crippen LogP contribution in [0.5, 0.6) is 5.75 Å². The molecular formula is C48H55N3O11. The van der Waals surface area contributed by atoms with Crippen molar-refractivity contribution in [3.8, 4) is 5.75 Å². The molecule has 6 aliphatic rings. The van der Waals surface area contributed by atoms with Gasteiger partial charge in [0.1, 0.15) is 47.2 Å². The van der Waals surface area contributed by atoms with Crippen LogP contribution < -0.4 is 5.32 Å². The summed E-state index contributed by atoms with van der Waals surface area (Å²) in [5, 5.41) is 24.9. The first-order valence-corrected chi connectivity index (χ1v) is 21.8. The van der Waals surface area contributed by atoms with Gasteiger partial charge in [-0.2, -0.15) is 5.06 Å². The second-order valence-electron chi connectivity index (χ2n) is 18.6. The van der Waals surface area contributed by atoms with Crippen molar-refractivity contribution >= 4 is 29.8 Å². The topological polar surface area (TPSA) is 173 Å². The van der Waals surface area contributed by atoms with Gasteiger partial charge in [0.25, 0.3) is 0 Å². The summed E-state index contributed by atoms with van der Waals surface area (Å²) in [6.07, 6.45) is 3.47. The monoisotopic (exact) mass is 849 g/mol. The third-order valence-corrected chi connectivity index (χ3v) is 13.1. The van der Waals surface area contributed by atoms with Gasteiger partial charge in [-0.15, -0.1) is 0 Å². The van der Waals surface area contributed by atoms with Crippen LogP contribution >= 0.6 is 0 Å². The average molecular weight is 850 g/mol. The lowest BCUT2D eigenvalue weighted by Gasteiger charge is -2.50. The summed E-state index contributed by atoms with van der Waals surface area (Å²) in [5.74, 6) is -2.66. The molecule has 1 saturated carbocycles. The normalized spacial score (nSPS) is 28.8. The number of aliphatic hydroxyl groups excluding tert-OH is 1. The van der Waals surface area contributed by atoms with Crippen molar-refractivity contribution in [3.63, 3.8) is 0 Å². The van der Waals surface area contributed by atoms with Crippen LogP contribution in [0, 0.1) is 5.41 Å². The molecule has 3 N–H and O–H groups in total. The number of esters is 2. The lowest BCUT2D eigenvalue weighted by molar-refractivity contribution is -0.218. The van der Waals surface area contributed by atoms with E-state index in [2.05, 4.69) is 17.4 Å². The number of hydroxylamine groups is 2. The standard InChI is InChI=1S/C48H55N3O11/c1-46(2,3)59-38(54)21-20-34(28-52)49-43(55)35-18-10-22-50(35)45(57)48-26-37-39-40(61-47(60-39)24-32-15-4-5-16-33(32)25-47)42(48)62-51(41(48)44(56)58-37)27-30-13-8-11-29(23-30)12-9-17-31-14-6-7-19-36(31)53/h4-9,11-16,19,23,34-35,37,39-42,52-53H,10,17-18,20-22,24-28H2,1-3H3,(H,49,55). The Morgan fingerprint density at radius 2 is 1.74 bits per heavy atom. The van der Waals surface area contributed by atoms with E-state index in [-0.39, 0.29) is 44.0 Å². The summed E-state index contributed by atoms with van der Waals surface area (Å²) in [5.41, 5.74) is 2.60. The summed E-state index contributed by atoms with van der Waals surface area (Å²) in [4.78, 5) is 64.9. The molecule has 0 aromatic heterocycles. The molecule has 14 nitrogen and oxygen atoms in total. The molecule has 328 valence electrons. The summed E-state index contributed by atoms with van der Waals surface area (Å²) in [6, 6.07) is 20.3. The van der Waals surface area contributed by atoms with Gasteiger partial charge >= 0.3 is 11.9 Å². The number of aromatic hydroxyl groups is 1. The minimum absolute atomic E-state index is 0.00608. The first-order chi connectivity index (χ1) is 29.8. The van der Waals surface area contributed by atoms with Crippen LogP contribution in [0.3, 0.4) is 0 Å². The minimum Gasteiger partial charge on any atom is -0.508 e. The van der Waals surface area contributed by atoms with E-state index in [1.165, 1.54) is 0 Å². The Morgan fingerprint density at radius 3 is 2.48 bits per heavy atom. The van der Waals surface area contributed by atoms with E-state index in [1.54, 1.807) is 42.9 Å². The molecule has 2 amide bonds. The third-order valence-electron chi connectivity index (χ3n) is 13.1. The van der Waals surface area contributed by atoms with Crippen molar-refractivity contribution in [1.29, 1.82) is 0 Å². The van der Waals surface area contributed by atoms with Crippen LogP contribution in [0.4, 0.5) is 0 Å². The number of phenols is 1. The van der Waals surface area contributed by atoms with Crippen LogP contribution in [0.1, 0.15) is 80.7 Å². The molecule has 3 aromatic rings. The van der Waals surface area contributed by atoms with Gasteiger partial charge in [-0.3, -0.25) is 24.0 Å². The Bertz CT molecular complexity index is 2230. The largest absolute Gasteiger partial charge is 0.508 e. The van der Waals surface area contributed by atoms with Crippen molar-refractivity contribution in [2.24, 2.45) is 5.41 Å². The average Bonchev–Trinajstić information content (AvgIpc) is 4.03. The lowest BCUT2D eigenvalue weighted by Crippen LogP contribution is -2.70. The summed E-state index contributed by atoms with van der Waals surface area (Å²) in [7, 11) is 0. The highest BCUT2D eigenvalue weighted by Gasteiger charge is 2.77. The molecule has 4 saturated heterocycles. The Hall–Kier alpha value is -5.12. The quantitative estimate of drug-likeness (QED) is 0.221. The predicted molar refractivity (Wildman–Crippen MR) is 224 cm³/mol. The second kappa shape index (κ2) is 16.5. The molecule has 9 rings (SSSR count). The number of hydrogen-bond acceptors (Lipinski definition) is 12. The lowest BCUT2D eigenvalue weighted by atomic mass is 9.62. The second-order valence-corrected chi connectivity index (χ2v) is 18.6. The fraction of sp³-hybridized carbons (Fsp3) is 0.500. The van der Waals surface area contributed by atoms with Gasteiger partial charge in [0.05, 0.1) is 19.2 Å². The number of para-hydroxylation sites is 1. The SMILES string of the molecule is CC(C)(C)OC(=O)CCC(CO)NC(=O)C1CCCN1C(=O)C12CC3OC(=O)C1N(Cc1cccc(C=CCc4ccccc4O)c1)OC2C1OC2(Cc4ccccc4C2)OC31. The number of fused-ring (bicyclic) bond motifs is 5. The number of benzene rings is 3. The molecule has 62 heavy (non-hydrogen) atoms. The van der Waals surface area contributed by atoms with E-state index in [9.17, 15) is 24.6 Å². The number of allylic oxidation sites excluding steroid dienone is 1. The molecule has 8 atom stereocenters. The number of ether oxygens (including phenoxy) is 4. The van der Waals surface area contributed by atoms with E-state index in [1.807, 2.05) is 60.7 Å². The maximum atomic E-state index is 15.5. The van der Waals surface area contributed by atoms with Crippen LogP contribution in [0.2, 0.25) is 0 Å². The first kappa shape index (κ1) is 42.2. The number of amides is 2. The first-order valence-electron chi connectivity index (χ1n) is 21.8. The maximum Gasteiger partial charge on any atom is 0.327 e. The number of carbonyl (C=O) groups excluding carboxylic acids is 4. The zero-order valence-corrected chi connectivity index (χ0v) is 35.4. The Kier molecular flexibility index (Phi) is 11.3. The highest BCUT2D eigenvalue weighted by atomic mass is 16.8. The Balaban J connectivity index is 0.992. The number of nitrogens with zero attached hydrogens (tertiary/aromatic N) is 2. The van der Waals surface area contributed by atoms with Gasteiger partial charge < -0.3 is 39.4 Å². The number of likely N-dealkylation sites (tertiary alicyclic amines) is 1. The van der Waals surface area contributed by atoms with Crippen molar-refractivity contribution < 1.29 is 53.2 Å². The number of rotatable bonds is 12. The highest BCUT2D eigenvalue weighted by molar-refractivity contribution is 5.96. The smallest absolute Gasteiger partial charge is 0.327 e. The zero-order chi connectivity index (χ0) is 43.4. The fourth-order valence-electron chi connectivity index (χ4n) is 10.5. The molecular weight excluding hydrogens is 795 g/mol. The van der Waals surface area contributed by atoms with Gasteiger partial charge in [-0.1, -0.05) is 78.9 Å². The molecule has 3 aromatic carbocycles. The fourth-order valence-corrected chi connectivity index (χ4v) is 10.5. The molecule has 2 bridgehead atoms. The van der Waals surface area contributed by atoms with Crippen LogP contribution in [0.25, 0.3) is 6.08 Å². The molecule has 1 spiro atoms. The van der Waals surface area contributed by atoms with E-state index < -0.39 is 83.8 Å². The van der Waals surface area contributed by atoms with Gasteiger partial charge in [0, 0.05) is 32.2 Å². The van der Waals surface area contributed by atoms with Crippen LogP contribution in [0.15, 0.2) is 78.9 Å². The van der Waals surface area contributed by atoms with Gasteiger partial charge in [-0.25, -0.2) is 0 Å². The van der Waals surface area contributed by atoms with E-state index in [4.69, 9.17) is 23.8 Å². The number of phenolic OH excluding ortho intramolecular Hbond substituents is 1. The number of hydrogen-bond donors (Lipinski definition) is 3. The Labute approximate surface area is 361 Å². The number of aliphatic hydroxyl groups is 1. The zero-order valence-electron chi connectivity index (χ0n) is 35.4. The molecule has 4 heterocycles. The minimum atomic E-state index is -1.48. The van der Waals surface area contributed by atoms with E-state index in [0.29, 0.717) is 32.1 Å². The number of carbonyl (C=O) groups is 4. The molecule has 2 aliphatic carbocycles. The summed E-state index contributed by atoms with van der Waals surface area (Å²) in [6.45, 7) is 5.34. The third kappa shape index (κ3) is 7.91. The molecule has 0 radical (unpaired) electrons. The predicted octanol–water partition coefficient (Wildman–Crippen LogP) is 4.32. The van der Waals surface area contributed by atoms with Crippen LogP contribution in [-0.4, -0.2) is 111 Å². The maximum absolute atomic E-state index is 15.5. The van der Waals surface area contributed by atoms with Crippen molar-refractivity contribution in [3.05, 3.63) is 107 Å². The van der Waals surface area contributed by atoms with Crippen LogP contribution in [-0.2, 0) is 68.8 Å². The molecule has 5 fully saturated rings. The van der Waals surface area contributed by atoms with E-state index >= 15 is 4.79 Å². The highest BCUT2D eigenvalue weighted by Crippen LogP contribution is 2.59. The van der Waals surface area contributed by atoms with Crippen molar-refractivity contribution in [1.82, 2.24) is 15.3 Å². The van der Waals surface area contributed by atoms with Crippen molar-refractivity contribution in [2.45, 2.75) is 133 Å². The van der Waals surface area contributed by atoms with Gasteiger partial charge in [-0.05, 0) is 80.3 Å². The van der Waals surface area contributed by atoms with Crippen molar-refractivity contribution in [2.75, 3.05) is 13.2 Å². The molecule has 4 aliphatic heterocycles. The van der Waals surface area contributed by atoms with E-state index in [0.717, 1.165) is 27.8 Å². The van der Waals surface area contributed by atoms with Gasteiger partial charge in [0.15, 0.2) is 11.8 Å².